The van der Waals surface area contributed by atoms with Crippen molar-refractivity contribution in [2.45, 2.75) is 32.4 Å². The third-order valence-electron chi connectivity index (χ3n) is 3.29. The number of hydrogen-bond acceptors (Lipinski definition) is 3. The van der Waals surface area contributed by atoms with Crippen LogP contribution in [0.5, 0.6) is 0 Å². The molecular weight excluding hydrogens is 226 g/mol. The number of ketones is 1. The molecule has 2 rings (SSSR count). The average molecular weight is 247 g/mol. The highest BCUT2D eigenvalue weighted by molar-refractivity contribution is 5.75. The number of carbonyl (C=O) groups is 1. The first-order chi connectivity index (χ1) is 8.74. The van der Waals surface area contributed by atoms with Gasteiger partial charge in [-0.2, -0.15) is 0 Å². The van der Waals surface area contributed by atoms with E-state index in [9.17, 15) is 4.79 Å². The summed E-state index contributed by atoms with van der Waals surface area (Å²) in [5.41, 5.74) is 1.34. The van der Waals surface area contributed by atoms with E-state index in [2.05, 4.69) is 29.2 Å². The van der Waals surface area contributed by atoms with Gasteiger partial charge in [0.2, 0.25) is 0 Å². The zero-order valence-corrected chi connectivity index (χ0v) is 11.0. The van der Waals surface area contributed by atoms with Crippen LogP contribution in [0.2, 0.25) is 0 Å². The summed E-state index contributed by atoms with van der Waals surface area (Å²) in [5.74, 6) is 0.249. The Kier molecular flexibility index (Phi) is 4.90. The van der Waals surface area contributed by atoms with E-state index >= 15 is 0 Å². The van der Waals surface area contributed by atoms with Crippen molar-refractivity contribution < 1.29 is 9.53 Å². The molecular formula is C15H21NO2. The maximum absolute atomic E-state index is 11.0. The first-order valence-corrected chi connectivity index (χ1v) is 6.61. The zero-order chi connectivity index (χ0) is 12.8. The van der Waals surface area contributed by atoms with Gasteiger partial charge in [0.05, 0.1) is 12.7 Å². The van der Waals surface area contributed by atoms with Gasteiger partial charge >= 0.3 is 0 Å². The van der Waals surface area contributed by atoms with Crippen molar-refractivity contribution >= 4 is 5.78 Å². The molecule has 1 saturated heterocycles. The summed E-state index contributed by atoms with van der Waals surface area (Å²) in [6, 6.07) is 10.5. The Bertz CT molecular complexity index is 377. The Morgan fingerprint density at radius 2 is 2.17 bits per heavy atom. The Labute approximate surface area is 109 Å². The second-order valence-electron chi connectivity index (χ2n) is 4.95. The minimum atomic E-state index is 0.214. The van der Waals surface area contributed by atoms with E-state index in [0.29, 0.717) is 6.42 Å². The van der Waals surface area contributed by atoms with Crippen molar-refractivity contribution in [3.05, 3.63) is 35.9 Å². The molecule has 0 amide bonds. The summed E-state index contributed by atoms with van der Waals surface area (Å²) in [4.78, 5) is 13.4. The van der Waals surface area contributed by atoms with E-state index < -0.39 is 0 Å². The first-order valence-electron chi connectivity index (χ1n) is 6.61. The summed E-state index contributed by atoms with van der Waals surface area (Å²) < 4.78 is 5.70. The number of benzene rings is 1. The highest BCUT2D eigenvalue weighted by Crippen LogP contribution is 2.13. The fraction of sp³-hybridized carbons (Fsp3) is 0.533. The van der Waals surface area contributed by atoms with Crippen molar-refractivity contribution in [3.8, 4) is 0 Å². The smallest absolute Gasteiger partial charge is 0.129 e. The molecule has 98 valence electrons. The normalized spacial score (nSPS) is 20.8. The molecule has 1 unspecified atom stereocenters. The van der Waals surface area contributed by atoms with Gasteiger partial charge in [0.25, 0.3) is 0 Å². The minimum absolute atomic E-state index is 0.214. The molecule has 1 aliphatic heterocycles. The average Bonchev–Trinajstić information content (AvgIpc) is 2.38. The fourth-order valence-electron chi connectivity index (χ4n) is 2.30. The Morgan fingerprint density at radius 1 is 1.39 bits per heavy atom. The van der Waals surface area contributed by atoms with Crippen molar-refractivity contribution in [3.63, 3.8) is 0 Å². The van der Waals surface area contributed by atoms with Crippen LogP contribution in [0.25, 0.3) is 0 Å². The topological polar surface area (TPSA) is 29.5 Å². The molecule has 1 aromatic rings. The molecule has 0 radical (unpaired) electrons. The van der Waals surface area contributed by atoms with E-state index in [0.717, 1.165) is 32.7 Å². The zero-order valence-electron chi connectivity index (χ0n) is 11.0. The van der Waals surface area contributed by atoms with Crippen LogP contribution in [0, 0.1) is 0 Å². The van der Waals surface area contributed by atoms with E-state index in [-0.39, 0.29) is 11.9 Å². The van der Waals surface area contributed by atoms with Crippen molar-refractivity contribution in [2.75, 3.05) is 19.7 Å². The fourth-order valence-corrected chi connectivity index (χ4v) is 2.30. The number of Topliss-reactive ketones (excluding diaryl/α,β-unsaturated/α-hetero) is 1. The van der Waals surface area contributed by atoms with Gasteiger partial charge in [-0.1, -0.05) is 30.3 Å². The van der Waals surface area contributed by atoms with Crippen molar-refractivity contribution in [2.24, 2.45) is 0 Å². The molecule has 3 nitrogen and oxygen atoms in total. The van der Waals surface area contributed by atoms with Crippen molar-refractivity contribution in [1.29, 1.82) is 0 Å². The Hall–Kier alpha value is -1.19. The maximum atomic E-state index is 11.0. The quantitative estimate of drug-likeness (QED) is 0.799. The van der Waals surface area contributed by atoms with Gasteiger partial charge in [0.15, 0.2) is 0 Å². The molecule has 0 bridgehead atoms. The second kappa shape index (κ2) is 6.66. The van der Waals surface area contributed by atoms with Gasteiger partial charge in [-0.05, 0) is 18.9 Å². The van der Waals surface area contributed by atoms with E-state index in [1.54, 1.807) is 6.92 Å². The number of morpholine rings is 1. The van der Waals surface area contributed by atoms with Crippen LogP contribution in [0.15, 0.2) is 30.3 Å². The SMILES string of the molecule is CC(=O)CCC1CN(Cc2ccccc2)CCO1. The number of ether oxygens (including phenoxy) is 1. The number of nitrogens with zero attached hydrogens (tertiary/aromatic N) is 1. The summed E-state index contributed by atoms with van der Waals surface area (Å²) in [5, 5.41) is 0. The van der Waals surface area contributed by atoms with Gasteiger partial charge in [-0.25, -0.2) is 0 Å². The molecule has 0 aromatic heterocycles. The molecule has 0 spiro atoms. The van der Waals surface area contributed by atoms with Gasteiger partial charge in [-0.3, -0.25) is 4.90 Å². The van der Waals surface area contributed by atoms with Crippen LogP contribution in [0.1, 0.15) is 25.3 Å². The third-order valence-corrected chi connectivity index (χ3v) is 3.29. The molecule has 1 aliphatic rings. The van der Waals surface area contributed by atoms with E-state index in [1.807, 2.05) is 6.07 Å². The second-order valence-corrected chi connectivity index (χ2v) is 4.95. The molecule has 18 heavy (non-hydrogen) atoms. The lowest BCUT2D eigenvalue weighted by molar-refractivity contribution is -0.118. The lowest BCUT2D eigenvalue weighted by Gasteiger charge is -2.32. The molecule has 3 heteroatoms. The van der Waals surface area contributed by atoms with Crippen molar-refractivity contribution in [1.82, 2.24) is 4.90 Å². The molecule has 1 fully saturated rings. The molecule has 0 saturated carbocycles. The van der Waals surface area contributed by atoms with Gasteiger partial charge in [-0.15, -0.1) is 0 Å². The first kappa shape index (κ1) is 13.2. The van der Waals surface area contributed by atoms with Crippen LogP contribution in [0.4, 0.5) is 0 Å². The molecule has 1 aromatic carbocycles. The lowest BCUT2D eigenvalue weighted by atomic mass is 10.1. The van der Waals surface area contributed by atoms with Gasteiger partial charge in [0, 0.05) is 26.1 Å². The summed E-state index contributed by atoms with van der Waals surface area (Å²) in [6.45, 7) is 5.30. The summed E-state index contributed by atoms with van der Waals surface area (Å²) in [7, 11) is 0. The Balaban J connectivity index is 1.81. The largest absolute Gasteiger partial charge is 0.376 e. The van der Waals surface area contributed by atoms with Gasteiger partial charge < -0.3 is 9.53 Å². The number of hydrogen-bond donors (Lipinski definition) is 0. The van der Waals surface area contributed by atoms with Crippen LogP contribution >= 0.6 is 0 Å². The predicted molar refractivity (Wildman–Crippen MR) is 71.4 cm³/mol. The highest BCUT2D eigenvalue weighted by atomic mass is 16.5. The number of rotatable bonds is 5. The van der Waals surface area contributed by atoms with E-state index in [4.69, 9.17) is 4.74 Å². The van der Waals surface area contributed by atoms with Crippen LogP contribution in [-0.2, 0) is 16.1 Å². The molecule has 0 aliphatic carbocycles. The molecule has 0 N–H and O–H groups in total. The predicted octanol–water partition coefficient (Wildman–Crippen LogP) is 2.26. The molecule has 1 atom stereocenters. The maximum Gasteiger partial charge on any atom is 0.129 e. The lowest BCUT2D eigenvalue weighted by Crippen LogP contribution is -2.42. The van der Waals surface area contributed by atoms with Gasteiger partial charge in [0.1, 0.15) is 5.78 Å². The highest BCUT2D eigenvalue weighted by Gasteiger charge is 2.20. The summed E-state index contributed by atoms with van der Waals surface area (Å²) in [6.07, 6.45) is 1.69. The van der Waals surface area contributed by atoms with Crippen LogP contribution in [-0.4, -0.2) is 36.5 Å². The Morgan fingerprint density at radius 3 is 2.89 bits per heavy atom. The molecule has 1 heterocycles. The third kappa shape index (κ3) is 4.24. The standard InChI is InChI=1S/C15H21NO2/c1-13(17)7-8-15-12-16(9-10-18-15)11-14-5-3-2-4-6-14/h2-6,15H,7-12H2,1H3. The van der Waals surface area contributed by atoms with Crippen LogP contribution in [0.3, 0.4) is 0 Å². The number of carbonyl (C=O) groups excluding carboxylic acids is 1. The minimum Gasteiger partial charge on any atom is -0.376 e. The van der Waals surface area contributed by atoms with Crippen LogP contribution < -0.4 is 0 Å². The monoisotopic (exact) mass is 247 g/mol. The van der Waals surface area contributed by atoms with E-state index in [1.165, 1.54) is 5.56 Å². The summed E-state index contributed by atoms with van der Waals surface area (Å²) >= 11 is 0.